The number of hydrogen-bond donors (Lipinski definition) is 0. The van der Waals surface area contributed by atoms with Gasteiger partial charge in [0.25, 0.3) is 0 Å². The van der Waals surface area contributed by atoms with E-state index in [4.69, 9.17) is 4.74 Å². The van der Waals surface area contributed by atoms with Crippen LogP contribution in [0.25, 0.3) is 0 Å². The first kappa shape index (κ1) is 9.50. The van der Waals surface area contributed by atoms with Crippen molar-refractivity contribution in [2.45, 2.75) is 0 Å². The number of Topliss-reactive ketones (excluding diaryl/α,β-unsaturated/α-hetero) is 1. The number of benzene rings is 1. The average molecular weight is 174 g/mol. The SMILES string of the molecule is COCC#CC(=O)c1ccccc1. The van der Waals surface area contributed by atoms with Crippen LogP contribution in [0, 0.1) is 11.8 Å². The molecule has 0 amide bonds. The number of ether oxygens (including phenoxy) is 1. The molecule has 0 aliphatic heterocycles. The third kappa shape index (κ3) is 3.10. The first-order valence-corrected chi connectivity index (χ1v) is 3.92. The lowest BCUT2D eigenvalue weighted by Gasteiger charge is -1.90. The van der Waals surface area contributed by atoms with Crippen molar-refractivity contribution in [1.82, 2.24) is 0 Å². The molecule has 0 aromatic heterocycles. The highest BCUT2D eigenvalue weighted by Crippen LogP contribution is 1.98. The Kier molecular flexibility index (Phi) is 3.74. The van der Waals surface area contributed by atoms with Gasteiger partial charge in [0.1, 0.15) is 6.61 Å². The molecule has 1 aromatic carbocycles. The summed E-state index contributed by atoms with van der Waals surface area (Å²) in [6, 6.07) is 8.96. The molecule has 0 heterocycles. The van der Waals surface area contributed by atoms with Gasteiger partial charge < -0.3 is 4.74 Å². The van der Waals surface area contributed by atoms with E-state index < -0.39 is 0 Å². The molecular weight excluding hydrogens is 164 g/mol. The predicted octanol–water partition coefficient (Wildman–Crippen LogP) is 1.52. The standard InChI is InChI=1S/C11H10O2/c1-13-9-5-8-11(12)10-6-3-2-4-7-10/h2-4,6-7H,9H2,1H3. The zero-order chi connectivity index (χ0) is 9.52. The van der Waals surface area contributed by atoms with Crippen LogP contribution in [-0.4, -0.2) is 19.5 Å². The lowest BCUT2D eigenvalue weighted by Crippen LogP contribution is -1.94. The summed E-state index contributed by atoms with van der Waals surface area (Å²) in [6.45, 7) is 0.290. The maximum atomic E-state index is 11.3. The van der Waals surface area contributed by atoms with Gasteiger partial charge in [0.2, 0.25) is 5.78 Å². The summed E-state index contributed by atoms with van der Waals surface area (Å²) >= 11 is 0. The molecule has 2 heteroatoms. The first-order chi connectivity index (χ1) is 6.34. The number of carbonyl (C=O) groups excluding carboxylic acids is 1. The molecule has 1 aromatic rings. The fraction of sp³-hybridized carbons (Fsp3) is 0.182. The van der Waals surface area contributed by atoms with E-state index in [1.54, 1.807) is 19.2 Å². The highest BCUT2D eigenvalue weighted by Gasteiger charge is 1.98. The molecule has 0 unspecified atom stereocenters. The second-order valence-electron chi connectivity index (χ2n) is 2.43. The van der Waals surface area contributed by atoms with Crippen LogP contribution >= 0.6 is 0 Å². The van der Waals surface area contributed by atoms with Crippen LogP contribution in [0.15, 0.2) is 30.3 Å². The summed E-state index contributed by atoms with van der Waals surface area (Å²) in [5.74, 6) is 4.93. The van der Waals surface area contributed by atoms with E-state index in [1.807, 2.05) is 18.2 Å². The topological polar surface area (TPSA) is 26.3 Å². The van der Waals surface area contributed by atoms with E-state index in [0.717, 1.165) is 0 Å². The van der Waals surface area contributed by atoms with Crippen LogP contribution in [0.4, 0.5) is 0 Å². The van der Waals surface area contributed by atoms with Crippen LogP contribution in [0.2, 0.25) is 0 Å². The maximum Gasteiger partial charge on any atom is 0.235 e. The molecule has 0 N–H and O–H groups in total. The smallest absolute Gasteiger partial charge is 0.235 e. The van der Waals surface area contributed by atoms with Gasteiger partial charge in [-0.25, -0.2) is 0 Å². The van der Waals surface area contributed by atoms with Gasteiger partial charge in [0.05, 0.1) is 0 Å². The minimum atomic E-state index is -0.169. The molecule has 2 nitrogen and oxygen atoms in total. The highest BCUT2D eigenvalue weighted by molar-refractivity contribution is 6.08. The summed E-state index contributed by atoms with van der Waals surface area (Å²) in [6.07, 6.45) is 0. The molecule has 0 saturated heterocycles. The second kappa shape index (κ2) is 5.13. The minimum absolute atomic E-state index is 0.169. The number of carbonyl (C=O) groups is 1. The van der Waals surface area contributed by atoms with Gasteiger partial charge in [-0.05, 0) is 5.92 Å². The van der Waals surface area contributed by atoms with E-state index in [1.165, 1.54) is 0 Å². The molecule has 66 valence electrons. The van der Waals surface area contributed by atoms with Crippen LogP contribution in [0.3, 0.4) is 0 Å². The average Bonchev–Trinajstić information content (AvgIpc) is 2.19. The van der Waals surface area contributed by atoms with Crippen molar-refractivity contribution in [3.63, 3.8) is 0 Å². The van der Waals surface area contributed by atoms with Gasteiger partial charge in [0, 0.05) is 12.7 Å². The Morgan fingerprint density at radius 2 is 2.08 bits per heavy atom. The molecule has 0 fully saturated rings. The maximum absolute atomic E-state index is 11.3. The van der Waals surface area contributed by atoms with E-state index in [9.17, 15) is 4.79 Å². The number of rotatable bonds is 2. The molecule has 0 saturated carbocycles. The molecule has 13 heavy (non-hydrogen) atoms. The molecule has 1 rings (SSSR count). The highest BCUT2D eigenvalue weighted by atomic mass is 16.5. The summed E-state index contributed by atoms with van der Waals surface area (Å²) in [5, 5.41) is 0. The van der Waals surface area contributed by atoms with Crippen molar-refractivity contribution >= 4 is 5.78 Å². The molecular formula is C11H10O2. The van der Waals surface area contributed by atoms with Crippen LogP contribution < -0.4 is 0 Å². The molecule has 0 aliphatic carbocycles. The monoisotopic (exact) mass is 174 g/mol. The summed E-state index contributed by atoms with van der Waals surface area (Å²) < 4.78 is 4.70. The number of hydrogen-bond acceptors (Lipinski definition) is 2. The van der Waals surface area contributed by atoms with Crippen molar-refractivity contribution < 1.29 is 9.53 Å². The Bertz CT molecular complexity index is 330. The molecule has 0 bridgehead atoms. The van der Waals surface area contributed by atoms with Gasteiger partial charge in [-0.1, -0.05) is 36.3 Å². The van der Waals surface area contributed by atoms with Crippen LogP contribution in [-0.2, 0) is 4.74 Å². The number of methoxy groups -OCH3 is 1. The molecule has 0 aliphatic rings. The number of ketones is 1. The third-order valence-corrected chi connectivity index (χ3v) is 1.45. The van der Waals surface area contributed by atoms with Gasteiger partial charge in [-0.15, -0.1) is 0 Å². The Morgan fingerprint density at radius 1 is 1.38 bits per heavy atom. The van der Waals surface area contributed by atoms with Crippen molar-refractivity contribution in [2.24, 2.45) is 0 Å². The van der Waals surface area contributed by atoms with E-state index in [0.29, 0.717) is 12.2 Å². The zero-order valence-corrected chi connectivity index (χ0v) is 7.41. The second-order valence-corrected chi connectivity index (χ2v) is 2.43. The largest absolute Gasteiger partial charge is 0.372 e. The van der Waals surface area contributed by atoms with Gasteiger partial charge >= 0.3 is 0 Å². The lowest BCUT2D eigenvalue weighted by atomic mass is 10.1. The van der Waals surface area contributed by atoms with Crippen molar-refractivity contribution in [3.05, 3.63) is 35.9 Å². The Balaban J connectivity index is 2.66. The fourth-order valence-electron chi connectivity index (χ4n) is 0.850. The molecule has 0 radical (unpaired) electrons. The van der Waals surface area contributed by atoms with Gasteiger partial charge in [-0.3, -0.25) is 4.79 Å². The lowest BCUT2D eigenvalue weighted by molar-refractivity contribution is 0.105. The van der Waals surface area contributed by atoms with Crippen LogP contribution in [0.1, 0.15) is 10.4 Å². The first-order valence-electron chi connectivity index (χ1n) is 3.92. The fourth-order valence-corrected chi connectivity index (χ4v) is 0.850. The third-order valence-electron chi connectivity index (χ3n) is 1.45. The molecule has 0 atom stereocenters. The van der Waals surface area contributed by atoms with Gasteiger partial charge in [0.15, 0.2) is 0 Å². The normalized spacial score (nSPS) is 8.69. The summed E-state index contributed by atoms with van der Waals surface area (Å²) in [7, 11) is 1.54. The van der Waals surface area contributed by atoms with E-state index >= 15 is 0 Å². The van der Waals surface area contributed by atoms with Crippen molar-refractivity contribution in [1.29, 1.82) is 0 Å². The Morgan fingerprint density at radius 3 is 2.69 bits per heavy atom. The van der Waals surface area contributed by atoms with Gasteiger partial charge in [-0.2, -0.15) is 0 Å². The Hall–Kier alpha value is -1.59. The molecule has 0 spiro atoms. The zero-order valence-electron chi connectivity index (χ0n) is 7.41. The van der Waals surface area contributed by atoms with Crippen molar-refractivity contribution in [2.75, 3.05) is 13.7 Å². The summed E-state index contributed by atoms with van der Waals surface area (Å²) in [4.78, 5) is 11.3. The quantitative estimate of drug-likeness (QED) is 0.386. The Labute approximate surface area is 77.5 Å². The minimum Gasteiger partial charge on any atom is -0.372 e. The van der Waals surface area contributed by atoms with Crippen LogP contribution in [0.5, 0.6) is 0 Å². The summed E-state index contributed by atoms with van der Waals surface area (Å²) in [5.41, 5.74) is 0.617. The van der Waals surface area contributed by atoms with E-state index in [2.05, 4.69) is 11.8 Å². The predicted molar refractivity (Wildman–Crippen MR) is 50.4 cm³/mol. The van der Waals surface area contributed by atoms with Crippen molar-refractivity contribution in [3.8, 4) is 11.8 Å². The van der Waals surface area contributed by atoms with E-state index in [-0.39, 0.29) is 5.78 Å².